The van der Waals surface area contributed by atoms with Crippen molar-refractivity contribution in [3.8, 4) is 5.69 Å². The van der Waals surface area contributed by atoms with Crippen LogP contribution in [0.1, 0.15) is 17.3 Å². The van der Waals surface area contributed by atoms with Crippen molar-refractivity contribution in [1.29, 1.82) is 0 Å². The number of halogens is 2. The molecule has 0 fully saturated rings. The van der Waals surface area contributed by atoms with Crippen molar-refractivity contribution >= 4 is 28.4 Å². The molecular formula is C11H8FIN2O. The summed E-state index contributed by atoms with van der Waals surface area (Å²) in [6.45, 7) is 1.41. The van der Waals surface area contributed by atoms with Gasteiger partial charge < -0.3 is 0 Å². The molecule has 0 spiro atoms. The standard InChI is InChI=1S/C11H8FIN2O/c1-7(16)9-3-2-4-10(12)11(9)15-6-8(13)5-14-15/h2-6H,1H3. The molecule has 2 aromatic rings. The molecule has 0 unspecified atom stereocenters. The molecule has 0 atom stereocenters. The second-order valence-electron chi connectivity index (χ2n) is 3.30. The second kappa shape index (κ2) is 4.32. The second-order valence-corrected chi connectivity index (χ2v) is 4.54. The summed E-state index contributed by atoms with van der Waals surface area (Å²) in [6, 6.07) is 4.43. The van der Waals surface area contributed by atoms with Gasteiger partial charge in [-0.1, -0.05) is 6.07 Å². The lowest BCUT2D eigenvalue weighted by Crippen LogP contribution is -2.06. The SMILES string of the molecule is CC(=O)c1cccc(F)c1-n1cc(I)cn1. The van der Waals surface area contributed by atoms with Gasteiger partial charge in [0.25, 0.3) is 0 Å². The van der Waals surface area contributed by atoms with Crippen LogP contribution >= 0.6 is 22.6 Å². The van der Waals surface area contributed by atoms with Crippen molar-refractivity contribution in [2.45, 2.75) is 6.92 Å². The van der Waals surface area contributed by atoms with Crippen LogP contribution in [0.5, 0.6) is 0 Å². The number of ketones is 1. The molecule has 0 radical (unpaired) electrons. The van der Waals surface area contributed by atoms with Gasteiger partial charge in [0.2, 0.25) is 0 Å². The molecule has 0 saturated heterocycles. The summed E-state index contributed by atoms with van der Waals surface area (Å²) in [4.78, 5) is 11.4. The van der Waals surface area contributed by atoms with Crippen molar-refractivity contribution in [1.82, 2.24) is 9.78 Å². The molecule has 0 aliphatic carbocycles. The summed E-state index contributed by atoms with van der Waals surface area (Å²) in [5, 5.41) is 4.01. The molecule has 82 valence electrons. The summed E-state index contributed by atoms with van der Waals surface area (Å²) in [6.07, 6.45) is 3.28. The molecule has 1 aromatic heterocycles. The first-order valence-electron chi connectivity index (χ1n) is 4.59. The monoisotopic (exact) mass is 330 g/mol. The third-order valence-corrected chi connectivity index (χ3v) is 2.70. The van der Waals surface area contributed by atoms with E-state index < -0.39 is 5.82 Å². The highest BCUT2D eigenvalue weighted by Gasteiger charge is 2.14. The first-order chi connectivity index (χ1) is 7.59. The zero-order chi connectivity index (χ0) is 11.7. The average Bonchev–Trinajstić information content (AvgIpc) is 2.64. The highest BCUT2D eigenvalue weighted by atomic mass is 127. The Kier molecular flexibility index (Phi) is 3.04. The highest BCUT2D eigenvalue weighted by Crippen LogP contribution is 2.19. The van der Waals surface area contributed by atoms with Gasteiger partial charge in [0.05, 0.1) is 9.77 Å². The van der Waals surface area contributed by atoms with Crippen LogP contribution in [0, 0.1) is 9.39 Å². The first-order valence-corrected chi connectivity index (χ1v) is 5.67. The third kappa shape index (κ3) is 1.99. The number of carbonyl (C=O) groups excluding carboxylic acids is 1. The fourth-order valence-electron chi connectivity index (χ4n) is 1.46. The Labute approximate surface area is 105 Å². The van der Waals surface area contributed by atoms with E-state index in [1.807, 2.05) is 0 Å². The van der Waals surface area contributed by atoms with Crippen LogP contribution in [0.25, 0.3) is 5.69 Å². The summed E-state index contributed by atoms with van der Waals surface area (Å²) >= 11 is 2.08. The van der Waals surface area contributed by atoms with E-state index in [2.05, 4.69) is 27.7 Å². The molecule has 0 amide bonds. The molecule has 0 aliphatic rings. The molecule has 0 bridgehead atoms. The number of aromatic nitrogens is 2. The van der Waals surface area contributed by atoms with E-state index in [9.17, 15) is 9.18 Å². The molecule has 0 aliphatic heterocycles. The van der Waals surface area contributed by atoms with Crippen LogP contribution in [0.4, 0.5) is 4.39 Å². The maximum absolute atomic E-state index is 13.7. The maximum Gasteiger partial charge on any atom is 0.162 e. The number of hydrogen-bond acceptors (Lipinski definition) is 2. The van der Waals surface area contributed by atoms with E-state index in [0.717, 1.165) is 3.57 Å². The van der Waals surface area contributed by atoms with E-state index in [4.69, 9.17) is 0 Å². The minimum atomic E-state index is -0.452. The molecule has 1 heterocycles. The minimum Gasteiger partial charge on any atom is -0.294 e. The van der Waals surface area contributed by atoms with Gasteiger partial charge in [-0.3, -0.25) is 4.79 Å². The number of hydrogen-bond donors (Lipinski definition) is 0. The lowest BCUT2D eigenvalue weighted by Gasteiger charge is -2.07. The maximum atomic E-state index is 13.7. The smallest absolute Gasteiger partial charge is 0.162 e. The summed E-state index contributed by atoms with van der Waals surface area (Å²) in [5.74, 6) is -0.632. The predicted molar refractivity (Wildman–Crippen MR) is 66.2 cm³/mol. The molecule has 16 heavy (non-hydrogen) atoms. The fraction of sp³-hybridized carbons (Fsp3) is 0.0909. The van der Waals surface area contributed by atoms with Crippen LogP contribution in [0.3, 0.4) is 0 Å². The summed E-state index contributed by atoms with van der Waals surface area (Å²) in [5.41, 5.74) is 0.539. The topological polar surface area (TPSA) is 34.9 Å². The fourth-order valence-corrected chi connectivity index (χ4v) is 1.84. The van der Waals surface area contributed by atoms with Crippen molar-refractivity contribution in [3.05, 3.63) is 45.5 Å². The Bertz CT molecular complexity index is 551. The Morgan fingerprint density at radius 1 is 1.50 bits per heavy atom. The molecule has 3 nitrogen and oxygen atoms in total. The van der Waals surface area contributed by atoms with Gasteiger partial charge in [0, 0.05) is 11.8 Å². The zero-order valence-corrected chi connectivity index (χ0v) is 10.6. The Morgan fingerprint density at radius 3 is 2.81 bits per heavy atom. The van der Waals surface area contributed by atoms with Crippen molar-refractivity contribution in [3.63, 3.8) is 0 Å². The number of carbonyl (C=O) groups is 1. The number of nitrogens with zero attached hydrogens (tertiary/aromatic N) is 2. The van der Waals surface area contributed by atoms with Gasteiger partial charge in [-0.05, 0) is 41.6 Å². The van der Waals surface area contributed by atoms with Crippen molar-refractivity contribution < 1.29 is 9.18 Å². The van der Waals surface area contributed by atoms with E-state index in [1.165, 1.54) is 23.7 Å². The summed E-state index contributed by atoms with van der Waals surface area (Å²) < 4.78 is 16.0. The van der Waals surface area contributed by atoms with Gasteiger partial charge in [-0.25, -0.2) is 9.07 Å². The molecule has 0 saturated carbocycles. The summed E-state index contributed by atoms with van der Waals surface area (Å²) in [7, 11) is 0. The van der Waals surface area contributed by atoms with Crippen molar-refractivity contribution in [2.24, 2.45) is 0 Å². The number of rotatable bonds is 2. The van der Waals surface area contributed by atoms with E-state index in [1.54, 1.807) is 18.5 Å². The van der Waals surface area contributed by atoms with E-state index >= 15 is 0 Å². The molecular weight excluding hydrogens is 322 g/mol. The van der Waals surface area contributed by atoms with Gasteiger partial charge in [0.1, 0.15) is 11.5 Å². The Balaban J connectivity index is 2.67. The average molecular weight is 330 g/mol. The molecule has 2 rings (SSSR count). The normalized spacial score (nSPS) is 10.4. The van der Waals surface area contributed by atoms with E-state index in [0.29, 0.717) is 5.56 Å². The number of benzene rings is 1. The van der Waals surface area contributed by atoms with E-state index in [-0.39, 0.29) is 11.5 Å². The van der Waals surface area contributed by atoms with Crippen LogP contribution in [-0.2, 0) is 0 Å². The number of Topliss-reactive ketones (excluding diaryl/α,β-unsaturated/α-hetero) is 1. The Morgan fingerprint density at radius 2 is 2.25 bits per heavy atom. The zero-order valence-electron chi connectivity index (χ0n) is 8.45. The van der Waals surface area contributed by atoms with Gasteiger partial charge in [-0.2, -0.15) is 5.10 Å². The van der Waals surface area contributed by atoms with Crippen LogP contribution in [0.15, 0.2) is 30.6 Å². The third-order valence-electron chi connectivity index (χ3n) is 2.15. The lowest BCUT2D eigenvalue weighted by atomic mass is 10.1. The van der Waals surface area contributed by atoms with Gasteiger partial charge >= 0.3 is 0 Å². The minimum absolute atomic E-state index is 0.181. The highest BCUT2D eigenvalue weighted by molar-refractivity contribution is 14.1. The van der Waals surface area contributed by atoms with Gasteiger partial charge in [0.15, 0.2) is 5.78 Å². The molecule has 1 aromatic carbocycles. The molecule has 0 N–H and O–H groups in total. The number of para-hydroxylation sites is 1. The van der Waals surface area contributed by atoms with Gasteiger partial charge in [-0.15, -0.1) is 0 Å². The Hall–Kier alpha value is -1.24. The largest absolute Gasteiger partial charge is 0.294 e. The quantitative estimate of drug-likeness (QED) is 0.627. The van der Waals surface area contributed by atoms with Crippen LogP contribution in [0.2, 0.25) is 0 Å². The predicted octanol–water partition coefficient (Wildman–Crippen LogP) is 2.82. The van der Waals surface area contributed by atoms with Crippen molar-refractivity contribution in [2.75, 3.05) is 0 Å². The lowest BCUT2D eigenvalue weighted by molar-refractivity contribution is 0.101. The first kappa shape index (κ1) is 11.3. The van der Waals surface area contributed by atoms with Crippen LogP contribution in [-0.4, -0.2) is 15.6 Å². The van der Waals surface area contributed by atoms with Crippen LogP contribution < -0.4 is 0 Å². The molecule has 5 heteroatoms.